The molecule has 0 aliphatic carbocycles. The van der Waals surface area contributed by atoms with Crippen LogP contribution in [0.3, 0.4) is 0 Å². The second kappa shape index (κ2) is 7.23. The summed E-state index contributed by atoms with van der Waals surface area (Å²) in [6.07, 6.45) is 4.73. The number of thiazole rings is 1. The molecule has 7 heteroatoms. The molecular formula is C16H16FN3O2S. The topological polar surface area (TPSA) is 55.6 Å². The highest BCUT2D eigenvalue weighted by molar-refractivity contribution is 7.15. The van der Waals surface area contributed by atoms with E-state index in [0.29, 0.717) is 25.3 Å². The van der Waals surface area contributed by atoms with E-state index in [2.05, 4.69) is 10.3 Å². The minimum Gasteiger partial charge on any atom is -0.494 e. The summed E-state index contributed by atoms with van der Waals surface area (Å²) in [7, 11) is 0. The number of carbonyl (C=O) groups is 1. The fourth-order valence-electron chi connectivity index (χ4n) is 2.11. The molecule has 0 spiro atoms. The van der Waals surface area contributed by atoms with Crippen LogP contribution in [0.2, 0.25) is 0 Å². The summed E-state index contributed by atoms with van der Waals surface area (Å²) in [6, 6.07) is 5.87. The Morgan fingerprint density at radius 3 is 2.96 bits per heavy atom. The quantitative estimate of drug-likeness (QED) is 0.676. The predicted octanol–water partition coefficient (Wildman–Crippen LogP) is 2.66. The summed E-state index contributed by atoms with van der Waals surface area (Å²) in [6.45, 7) is 0.994. The molecule has 0 atom stereocenters. The first-order valence-corrected chi connectivity index (χ1v) is 8.15. The third-order valence-corrected chi connectivity index (χ3v) is 3.98. The molecule has 120 valence electrons. The highest BCUT2D eigenvalue weighted by atomic mass is 32.1. The summed E-state index contributed by atoms with van der Waals surface area (Å²) in [5.41, 5.74) is 0.761. The maximum absolute atomic E-state index is 12.7. The summed E-state index contributed by atoms with van der Waals surface area (Å²) in [4.78, 5) is 17.1. The van der Waals surface area contributed by atoms with Crippen LogP contribution in [0.1, 0.15) is 12.1 Å². The van der Waals surface area contributed by atoms with Crippen molar-refractivity contribution in [2.75, 3.05) is 13.2 Å². The Hall–Kier alpha value is -2.41. The van der Waals surface area contributed by atoms with Gasteiger partial charge < -0.3 is 10.1 Å². The first-order chi connectivity index (χ1) is 11.2. The first-order valence-electron chi connectivity index (χ1n) is 7.27. The zero-order chi connectivity index (χ0) is 16.1. The van der Waals surface area contributed by atoms with Gasteiger partial charge >= 0.3 is 0 Å². The van der Waals surface area contributed by atoms with Gasteiger partial charge in [-0.3, -0.25) is 9.20 Å². The molecule has 2 heterocycles. The molecule has 0 bridgehead atoms. The van der Waals surface area contributed by atoms with Gasteiger partial charge in [0.05, 0.1) is 18.7 Å². The second-order valence-electron chi connectivity index (χ2n) is 5.01. The summed E-state index contributed by atoms with van der Waals surface area (Å²) < 4.78 is 20.1. The molecule has 23 heavy (non-hydrogen) atoms. The normalized spacial score (nSPS) is 10.8. The average Bonchev–Trinajstić information content (AvgIpc) is 3.10. The van der Waals surface area contributed by atoms with Crippen LogP contribution in [-0.2, 0) is 11.2 Å². The predicted molar refractivity (Wildman–Crippen MR) is 86.3 cm³/mol. The molecule has 0 saturated carbocycles. The van der Waals surface area contributed by atoms with Crippen molar-refractivity contribution in [1.29, 1.82) is 0 Å². The van der Waals surface area contributed by atoms with Crippen LogP contribution in [-0.4, -0.2) is 28.4 Å². The molecule has 0 unspecified atom stereocenters. The lowest BCUT2D eigenvalue weighted by Gasteiger charge is -2.07. The van der Waals surface area contributed by atoms with Crippen molar-refractivity contribution in [3.63, 3.8) is 0 Å². The first kappa shape index (κ1) is 15.5. The number of ether oxygens (including phenoxy) is 1. The van der Waals surface area contributed by atoms with Crippen LogP contribution in [0.15, 0.2) is 42.0 Å². The molecule has 1 amide bonds. The summed E-state index contributed by atoms with van der Waals surface area (Å²) in [5.74, 6) is 0.275. The molecule has 0 aliphatic heterocycles. The zero-order valence-corrected chi connectivity index (χ0v) is 13.2. The smallest absolute Gasteiger partial charge is 0.226 e. The highest BCUT2D eigenvalue weighted by Crippen LogP contribution is 2.12. The SMILES string of the molecule is O=C(Cc1cn2ccsc2n1)NCCCOc1ccc(F)cc1. The summed E-state index contributed by atoms with van der Waals surface area (Å²) >= 11 is 1.54. The van der Waals surface area contributed by atoms with E-state index in [9.17, 15) is 9.18 Å². The third kappa shape index (κ3) is 4.29. The minimum atomic E-state index is -0.288. The fourth-order valence-corrected chi connectivity index (χ4v) is 2.83. The number of imidazole rings is 1. The Balaban J connectivity index is 1.34. The van der Waals surface area contributed by atoms with E-state index in [1.54, 1.807) is 12.1 Å². The van der Waals surface area contributed by atoms with Gasteiger partial charge in [-0.2, -0.15) is 0 Å². The lowest BCUT2D eigenvalue weighted by atomic mass is 10.3. The molecule has 3 rings (SSSR count). The Bertz CT molecular complexity index is 754. The molecule has 0 aliphatic rings. The number of aromatic nitrogens is 2. The van der Waals surface area contributed by atoms with E-state index in [4.69, 9.17) is 4.74 Å². The Morgan fingerprint density at radius 1 is 1.35 bits per heavy atom. The minimum absolute atomic E-state index is 0.0578. The monoisotopic (exact) mass is 333 g/mol. The number of amides is 1. The number of carbonyl (C=O) groups excluding carboxylic acids is 1. The molecular weight excluding hydrogens is 317 g/mol. The van der Waals surface area contributed by atoms with E-state index >= 15 is 0 Å². The van der Waals surface area contributed by atoms with Gasteiger partial charge in [0.15, 0.2) is 4.96 Å². The Labute approximate surface area is 136 Å². The number of fused-ring (bicyclic) bond motifs is 1. The van der Waals surface area contributed by atoms with Gasteiger partial charge in [0.25, 0.3) is 0 Å². The van der Waals surface area contributed by atoms with Crippen molar-refractivity contribution < 1.29 is 13.9 Å². The van der Waals surface area contributed by atoms with Crippen LogP contribution in [0.25, 0.3) is 4.96 Å². The molecule has 0 saturated heterocycles. The summed E-state index contributed by atoms with van der Waals surface area (Å²) in [5, 5.41) is 4.79. The highest BCUT2D eigenvalue weighted by Gasteiger charge is 2.07. The van der Waals surface area contributed by atoms with E-state index in [0.717, 1.165) is 10.7 Å². The third-order valence-electron chi connectivity index (χ3n) is 3.21. The number of hydrogen-bond donors (Lipinski definition) is 1. The average molecular weight is 333 g/mol. The van der Waals surface area contributed by atoms with Crippen molar-refractivity contribution in [3.8, 4) is 5.75 Å². The molecule has 1 N–H and O–H groups in total. The Morgan fingerprint density at radius 2 is 2.17 bits per heavy atom. The van der Waals surface area contributed by atoms with Crippen molar-refractivity contribution in [3.05, 3.63) is 53.6 Å². The van der Waals surface area contributed by atoms with Crippen molar-refractivity contribution >= 4 is 22.2 Å². The number of rotatable bonds is 7. The van der Waals surface area contributed by atoms with Crippen molar-refractivity contribution in [2.24, 2.45) is 0 Å². The van der Waals surface area contributed by atoms with Crippen LogP contribution in [0, 0.1) is 5.82 Å². The standard InChI is InChI=1S/C16H16FN3O2S/c17-12-2-4-14(5-3-12)22-8-1-6-18-15(21)10-13-11-20-7-9-23-16(20)19-13/h2-5,7,9,11H,1,6,8,10H2,(H,18,21). The number of halogens is 1. The second-order valence-corrected chi connectivity index (χ2v) is 5.88. The maximum atomic E-state index is 12.7. The van der Waals surface area contributed by atoms with Gasteiger partial charge in [0.1, 0.15) is 11.6 Å². The number of nitrogens with zero attached hydrogens (tertiary/aromatic N) is 2. The fraction of sp³-hybridized carbons (Fsp3) is 0.250. The molecule has 0 radical (unpaired) electrons. The van der Waals surface area contributed by atoms with Crippen LogP contribution in [0.4, 0.5) is 4.39 Å². The van der Waals surface area contributed by atoms with Gasteiger partial charge in [-0.05, 0) is 30.7 Å². The number of benzene rings is 1. The number of hydrogen-bond acceptors (Lipinski definition) is 4. The van der Waals surface area contributed by atoms with Crippen LogP contribution in [0.5, 0.6) is 5.75 Å². The van der Waals surface area contributed by atoms with Crippen molar-refractivity contribution in [2.45, 2.75) is 12.8 Å². The van der Waals surface area contributed by atoms with E-state index in [1.165, 1.54) is 23.5 Å². The molecule has 0 fully saturated rings. The lowest BCUT2D eigenvalue weighted by molar-refractivity contribution is -0.120. The Kier molecular flexibility index (Phi) is 4.87. The maximum Gasteiger partial charge on any atom is 0.226 e. The van der Waals surface area contributed by atoms with Gasteiger partial charge in [-0.15, -0.1) is 11.3 Å². The van der Waals surface area contributed by atoms with Gasteiger partial charge in [0.2, 0.25) is 5.91 Å². The number of nitrogens with one attached hydrogen (secondary N) is 1. The van der Waals surface area contributed by atoms with E-state index < -0.39 is 0 Å². The molecule has 2 aromatic heterocycles. The largest absolute Gasteiger partial charge is 0.494 e. The zero-order valence-electron chi connectivity index (χ0n) is 12.4. The lowest BCUT2D eigenvalue weighted by Crippen LogP contribution is -2.27. The van der Waals surface area contributed by atoms with Crippen molar-refractivity contribution in [1.82, 2.24) is 14.7 Å². The van der Waals surface area contributed by atoms with E-state index in [-0.39, 0.29) is 18.1 Å². The van der Waals surface area contributed by atoms with Gasteiger partial charge in [-0.1, -0.05) is 0 Å². The molecule has 1 aromatic carbocycles. The molecule has 5 nitrogen and oxygen atoms in total. The van der Waals surface area contributed by atoms with Gasteiger partial charge in [0, 0.05) is 24.3 Å². The molecule has 3 aromatic rings. The van der Waals surface area contributed by atoms with Crippen LogP contribution >= 0.6 is 11.3 Å². The van der Waals surface area contributed by atoms with Crippen LogP contribution < -0.4 is 10.1 Å². The van der Waals surface area contributed by atoms with Gasteiger partial charge in [-0.25, -0.2) is 9.37 Å². The van der Waals surface area contributed by atoms with E-state index in [1.807, 2.05) is 22.2 Å².